The van der Waals surface area contributed by atoms with Crippen molar-refractivity contribution in [2.75, 3.05) is 0 Å². The molecule has 0 heterocycles. The van der Waals surface area contributed by atoms with Crippen molar-refractivity contribution in [1.82, 2.24) is 0 Å². The van der Waals surface area contributed by atoms with Crippen LogP contribution in [0.5, 0.6) is 0 Å². The molecule has 25 heavy (non-hydrogen) atoms. The number of carbonyl (C=O) groups excluding carboxylic acids is 1. The maximum atomic E-state index is 10.4. The Morgan fingerprint density at radius 2 is 1.20 bits per heavy atom. The highest BCUT2D eigenvalue weighted by Crippen LogP contribution is 2.48. The van der Waals surface area contributed by atoms with E-state index in [1.54, 1.807) is 0 Å². The van der Waals surface area contributed by atoms with Gasteiger partial charge in [-0.3, -0.25) is 4.79 Å². The van der Waals surface area contributed by atoms with Crippen LogP contribution in [0.25, 0.3) is 0 Å². The molecule has 0 aliphatic heterocycles. The number of hydrogen-bond donors (Lipinski definition) is 1. The molecule has 2 aliphatic rings. The van der Waals surface area contributed by atoms with Crippen molar-refractivity contribution in [2.45, 2.75) is 50.4 Å². The summed E-state index contributed by atoms with van der Waals surface area (Å²) in [5, 5.41) is 11.3. The Bertz CT molecular complexity index is 752. The van der Waals surface area contributed by atoms with E-state index >= 15 is 0 Å². The summed E-state index contributed by atoms with van der Waals surface area (Å²) in [6.45, 7) is 4.55. The van der Waals surface area contributed by atoms with Crippen molar-refractivity contribution in [1.29, 1.82) is 0 Å². The van der Waals surface area contributed by atoms with E-state index in [2.05, 4.69) is 43.3 Å². The number of rotatable bonds is 4. The zero-order valence-corrected chi connectivity index (χ0v) is 14.9. The van der Waals surface area contributed by atoms with Gasteiger partial charge < -0.3 is 5.21 Å². The monoisotopic (exact) mass is 335 g/mol. The van der Waals surface area contributed by atoms with E-state index in [4.69, 9.17) is 5.21 Å². The summed E-state index contributed by atoms with van der Waals surface area (Å²) in [7, 11) is 0. The van der Waals surface area contributed by atoms with Gasteiger partial charge in [-0.15, -0.1) is 0 Å². The minimum absolute atomic E-state index is 0.418. The first-order valence-electron chi connectivity index (χ1n) is 8.83. The lowest BCUT2D eigenvalue weighted by Crippen LogP contribution is -1.98. The third-order valence-corrected chi connectivity index (χ3v) is 5.56. The topological polar surface area (TPSA) is 49.7 Å². The molecule has 2 fully saturated rings. The first-order valence-corrected chi connectivity index (χ1v) is 8.83. The second-order valence-corrected chi connectivity index (χ2v) is 7.73. The number of benzene rings is 2. The minimum atomic E-state index is 0.418. The van der Waals surface area contributed by atoms with Crippen LogP contribution in [0.1, 0.15) is 66.6 Å². The summed E-state index contributed by atoms with van der Waals surface area (Å²) >= 11 is 0. The van der Waals surface area contributed by atoms with Crippen LogP contribution >= 0.6 is 0 Å². The Kier molecular flexibility index (Phi) is 4.76. The summed E-state index contributed by atoms with van der Waals surface area (Å²) < 4.78 is 0. The standard InChI is InChI=1S/C11H13NO.C11H12O/c1-11(6-7-11)10-4-2-9(3-5-10)8-12-13;1-11(6-7-11)10-4-2-9(8-12)3-5-10/h2-5,8,13H,6-7H2,1H3;2-5,8H,6-7H2,1H3. The van der Waals surface area contributed by atoms with Crippen molar-refractivity contribution < 1.29 is 10.0 Å². The van der Waals surface area contributed by atoms with Gasteiger partial charge in [0.1, 0.15) is 6.29 Å². The van der Waals surface area contributed by atoms with Crippen LogP contribution < -0.4 is 0 Å². The van der Waals surface area contributed by atoms with E-state index in [0.29, 0.717) is 10.8 Å². The number of hydrogen-bond acceptors (Lipinski definition) is 3. The van der Waals surface area contributed by atoms with Gasteiger partial charge in [0.15, 0.2) is 0 Å². The highest BCUT2D eigenvalue weighted by molar-refractivity contribution is 5.79. The van der Waals surface area contributed by atoms with E-state index in [1.807, 2.05) is 24.3 Å². The fourth-order valence-electron chi connectivity index (χ4n) is 2.95. The molecule has 0 atom stereocenters. The van der Waals surface area contributed by atoms with Crippen molar-refractivity contribution in [2.24, 2.45) is 5.16 Å². The normalized spacial score (nSPS) is 19.0. The van der Waals surface area contributed by atoms with Gasteiger partial charge in [0.05, 0.1) is 6.21 Å². The van der Waals surface area contributed by atoms with E-state index in [9.17, 15) is 4.79 Å². The third kappa shape index (κ3) is 4.16. The third-order valence-electron chi connectivity index (χ3n) is 5.56. The van der Waals surface area contributed by atoms with Gasteiger partial charge in [0, 0.05) is 5.56 Å². The molecule has 0 amide bonds. The van der Waals surface area contributed by atoms with Gasteiger partial charge in [-0.05, 0) is 53.2 Å². The molecule has 0 bridgehead atoms. The maximum Gasteiger partial charge on any atom is 0.150 e. The number of carbonyl (C=O) groups is 1. The molecular formula is C22H25NO2. The molecule has 2 saturated carbocycles. The van der Waals surface area contributed by atoms with Crippen molar-refractivity contribution >= 4 is 12.5 Å². The predicted octanol–water partition coefficient (Wildman–Crippen LogP) is 5.10. The molecule has 4 rings (SSSR count). The highest BCUT2D eigenvalue weighted by Gasteiger charge is 2.39. The smallest absolute Gasteiger partial charge is 0.150 e. The largest absolute Gasteiger partial charge is 0.411 e. The molecule has 2 aromatic rings. The highest BCUT2D eigenvalue weighted by atomic mass is 16.4. The lowest BCUT2D eigenvalue weighted by atomic mass is 9.97. The van der Waals surface area contributed by atoms with Gasteiger partial charge in [-0.25, -0.2) is 0 Å². The SMILES string of the molecule is CC1(c2ccc(C=NO)cc2)CC1.CC1(c2ccc(C=O)cc2)CC1. The Morgan fingerprint density at radius 3 is 1.52 bits per heavy atom. The van der Waals surface area contributed by atoms with E-state index in [0.717, 1.165) is 17.4 Å². The Hall–Kier alpha value is -2.42. The van der Waals surface area contributed by atoms with Gasteiger partial charge >= 0.3 is 0 Å². The molecule has 2 aromatic carbocycles. The van der Waals surface area contributed by atoms with Gasteiger partial charge in [0.25, 0.3) is 0 Å². The minimum Gasteiger partial charge on any atom is -0.411 e. The van der Waals surface area contributed by atoms with Gasteiger partial charge in [0.2, 0.25) is 0 Å². The fraction of sp³-hybridized carbons (Fsp3) is 0.364. The molecule has 0 radical (unpaired) electrons. The first kappa shape index (κ1) is 17.4. The van der Waals surface area contributed by atoms with E-state index < -0.39 is 0 Å². The number of nitrogens with zero attached hydrogens (tertiary/aromatic N) is 1. The molecule has 2 aliphatic carbocycles. The van der Waals surface area contributed by atoms with Crippen LogP contribution in [0.3, 0.4) is 0 Å². The lowest BCUT2D eigenvalue weighted by molar-refractivity contribution is 0.112. The second kappa shape index (κ2) is 6.83. The summed E-state index contributed by atoms with van der Waals surface area (Å²) in [5.41, 5.74) is 5.31. The maximum absolute atomic E-state index is 10.4. The summed E-state index contributed by atoms with van der Waals surface area (Å²) in [5.74, 6) is 0. The number of aldehydes is 1. The van der Waals surface area contributed by atoms with E-state index in [-0.39, 0.29) is 0 Å². The van der Waals surface area contributed by atoms with E-state index in [1.165, 1.54) is 43.0 Å². The predicted molar refractivity (Wildman–Crippen MR) is 101 cm³/mol. The Labute approximate surface area is 149 Å². The zero-order chi connectivity index (χ0) is 17.9. The lowest BCUT2D eigenvalue weighted by Gasteiger charge is -2.07. The Morgan fingerprint density at radius 1 is 0.800 bits per heavy atom. The summed E-state index contributed by atoms with van der Waals surface area (Å²) in [4.78, 5) is 10.4. The Balaban J connectivity index is 0.000000146. The van der Waals surface area contributed by atoms with Crippen molar-refractivity contribution in [3.05, 3.63) is 70.8 Å². The summed E-state index contributed by atoms with van der Waals surface area (Å²) in [6.07, 6.45) is 7.49. The summed E-state index contributed by atoms with van der Waals surface area (Å²) in [6, 6.07) is 16.1. The van der Waals surface area contributed by atoms with Crippen LogP contribution in [-0.2, 0) is 10.8 Å². The molecule has 3 nitrogen and oxygen atoms in total. The van der Waals surface area contributed by atoms with Crippen LogP contribution in [0, 0.1) is 0 Å². The molecule has 0 saturated heterocycles. The molecule has 0 unspecified atom stereocenters. The van der Waals surface area contributed by atoms with Crippen LogP contribution in [0.2, 0.25) is 0 Å². The second-order valence-electron chi connectivity index (χ2n) is 7.73. The molecule has 3 heteroatoms. The molecule has 1 N–H and O–H groups in total. The average molecular weight is 335 g/mol. The van der Waals surface area contributed by atoms with Crippen LogP contribution in [0.15, 0.2) is 53.7 Å². The molecule has 0 spiro atoms. The zero-order valence-electron chi connectivity index (χ0n) is 14.9. The number of oxime groups is 1. The molecular weight excluding hydrogens is 310 g/mol. The van der Waals surface area contributed by atoms with Crippen molar-refractivity contribution in [3.8, 4) is 0 Å². The van der Waals surface area contributed by atoms with Gasteiger partial charge in [-0.2, -0.15) is 0 Å². The van der Waals surface area contributed by atoms with Crippen molar-refractivity contribution in [3.63, 3.8) is 0 Å². The van der Waals surface area contributed by atoms with Crippen LogP contribution in [0.4, 0.5) is 0 Å². The quantitative estimate of drug-likeness (QED) is 0.366. The van der Waals surface area contributed by atoms with Gasteiger partial charge in [-0.1, -0.05) is 67.5 Å². The van der Waals surface area contributed by atoms with Crippen LogP contribution in [-0.4, -0.2) is 17.7 Å². The molecule has 130 valence electrons. The first-order chi connectivity index (χ1) is 12.0. The fourth-order valence-corrected chi connectivity index (χ4v) is 2.95. The average Bonchev–Trinajstić information content (AvgIpc) is 3.56. The molecule has 0 aromatic heterocycles.